The van der Waals surface area contributed by atoms with Gasteiger partial charge >= 0.3 is 0 Å². The highest BCUT2D eigenvalue weighted by Crippen LogP contribution is 2.14. The summed E-state index contributed by atoms with van der Waals surface area (Å²) in [6, 6.07) is 1.32. The van der Waals surface area contributed by atoms with Crippen molar-refractivity contribution in [1.29, 1.82) is 0 Å². The molecule has 0 fully saturated rings. The molecule has 0 aliphatic heterocycles. The molecule has 1 rings (SSSR count). The molecule has 0 N–H and O–H groups in total. The minimum absolute atomic E-state index is 0.335. The molecule has 0 saturated heterocycles. The lowest BCUT2D eigenvalue weighted by molar-refractivity contribution is 0.539. The van der Waals surface area contributed by atoms with Crippen LogP contribution in [0.3, 0.4) is 0 Å². The molecule has 140 valence electrons. The molecule has 0 amide bonds. The Morgan fingerprint density at radius 3 is 1.96 bits per heavy atom. The van der Waals surface area contributed by atoms with E-state index in [1.54, 1.807) is 0 Å². The molecule has 0 bridgehead atoms. The largest absolute Gasteiger partial charge is 0.207 e. The van der Waals surface area contributed by atoms with Crippen LogP contribution in [0.1, 0.15) is 76.7 Å². The number of benzene rings is 1. The lowest BCUT2D eigenvalue weighted by Gasteiger charge is -2.02. The molecule has 0 atom stereocenters. The zero-order valence-corrected chi connectivity index (χ0v) is 16.0. The van der Waals surface area contributed by atoms with Crippen molar-refractivity contribution in [2.75, 3.05) is 11.5 Å². The Bertz CT molecular complexity index is 523. The molecule has 0 nitrogen and oxygen atoms in total. The number of hydrogen-bond acceptors (Lipinski definition) is 1. The first-order valence-corrected chi connectivity index (χ1v) is 10.5. The molecule has 0 saturated carbocycles. The van der Waals surface area contributed by atoms with Crippen LogP contribution in [-0.2, 0) is 0 Å². The Hall–Kier alpha value is -1.08. The first-order chi connectivity index (χ1) is 12.1. The second-order valence-corrected chi connectivity index (χ2v) is 7.46. The highest BCUT2D eigenvalue weighted by atomic mass is 32.2. The van der Waals surface area contributed by atoms with Crippen LogP contribution in [0, 0.1) is 29.3 Å². The van der Waals surface area contributed by atoms with E-state index in [0.717, 1.165) is 12.8 Å². The zero-order valence-electron chi connectivity index (χ0n) is 15.2. The Kier molecular flexibility index (Phi) is 12.4. The van der Waals surface area contributed by atoms with E-state index < -0.39 is 17.5 Å². The zero-order chi connectivity index (χ0) is 18.3. The van der Waals surface area contributed by atoms with Crippen LogP contribution >= 0.6 is 11.8 Å². The summed E-state index contributed by atoms with van der Waals surface area (Å²) in [7, 11) is 0. The highest BCUT2D eigenvalue weighted by Gasteiger charge is 2.08. The molecule has 1 aromatic rings. The van der Waals surface area contributed by atoms with E-state index in [0.29, 0.717) is 18.6 Å². The van der Waals surface area contributed by atoms with Crippen molar-refractivity contribution in [1.82, 2.24) is 0 Å². The summed E-state index contributed by atoms with van der Waals surface area (Å²) in [4.78, 5) is 0. The minimum Gasteiger partial charge on any atom is -0.207 e. The normalized spacial score (nSPS) is 10.6. The minimum atomic E-state index is -0.932. The Balaban J connectivity index is 2.01. The van der Waals surface area contributed by atoms with Crippen molar-refractivity contribution in [3.63, 3.8) is 0 Å². The molecule has 0 unspecified atom stereocenters. The quantitative estimate of drug-likeness (QED) is 0.279. The average molecular weight is 371 g/mol. The van der Waals surface area contributed by atoms with Crippen LogP contribution in [0.2, 0.25) is 0 Å². The average Bonchev–Trinajstić information content (AvgIpc) is 2.57. The van der Waals surface area contributed by atoms with Crippen molar-refractivity contribution in [2.24, 2.45) is 0 Å². The van der Waals surface area contributed by atoms with Crippen molar-refractivity contribution < 1.29 is 13.2 Å². The van der Waals surface area contributed by atoms with Crippen LogP contribution in [0.4, 0.5) is 13.2 Å². The van der Waals surface area contributed by atoms with E-state index in [2.05, 4.69) is 30.5 Å². The van der Waals surface area contributed by atoms with Crippen LogP contribution in [0.15, 0.2) is 12.1 Å². The lowest BCUT2D eigenvalue weighted by Crippen LogP contribution is -1.92. The summed E-state index contributed by atoms with van der Waals surface area (Å²) < 4.78 is 39.6. The third kappa shape index (κ3) is 10.5. The van der Waals surface area contributed by atoms with Crippen LogP contribution in [0.25, 0.3) is 0 Å². The van der Waals surface area contributed by atoms with E-state index >= 15 is 0 Å². The van der Waals surface area contributed by atoms with Gasteiger partial charge in [0, 0.05) is 18.6 Å². The van der Waals surface area contributed by atoms with Crippen LogP contribution in [0.5, 0.6) is 0 Å². The maximum Gasteiger partial charge on any atom is 0.144 e. The molecule has 4 heteroatoms. The van der Waals surface area contributed by atoms with Gasteiger partial charge in [0.1, 0.15) is 17.5 Å². The number of unbranched alkanes of at least 4 members (excludes halogenated alkanes) is 8. The van der Waals surface area contributed by atoms with Crippen LogP contribution < -0.4 is 0 Å². The van der Waals surface area contributed by atoms with Gasteiger partial charge in [-0.1, -0.05) is 57.3 Å². The molecule has 0 aliphatic carbocycles. The second-order valence-electron chi connectivity index (χ2n) is 6.24. The summed E-state index contributed by atoms with van der Waals surface area (Å²) in [5.74, 6) is 5.06. The SMILES string of the molecule is CCCSCCCCCCCCCCC#Cc1c(F)cc(F)cc1F. The van der Waals surface area contributed by atoms with Gasteiger partial charge in [-0.2, -0.15) is 11.8 Å². The molecule has 0 aliphatic rings. The van der Waals surface area contributed by atoms with Gasteiger partial charge < -0.3 is 0 Å². The monoisotopic (exact) mass is 370 g/mol. The number of thioether (sulfide) groups is 1. The van der Waals surface area contributed by atoms with E-state index in [1.165, 1.54) is 56.5 Å². The van der Waals surface area contributed by atoms with E-state index in [-0.39, 0.29) is 5.56 Å². The molecular weight excluding hydrogens is 341 g/mol. The summed E-state index contributed by atoms with van der Waals surface area (Å²) >= 11 is 2.06. The fourth-order valence-electron chi connectivity index (χ4n) is 2.54. The van der Waals surface area contributed by atoms with Gasteiger partial charge in [0.15, 0.2) is 0 Å². The third-order valence-corrected chi connectivity index (χ3v) is 5.18. The van der Waals surface area contributed by atoms with Crippen molar-refractivity contribution in [3.8, 4) is 11.8 Å². The number of hydrogen-bond donors (Lipinski definition) is 0. The molecule has 0 heterocycles. The molecule has 25 heavy (non-hydrogen) atoms. The first-order valence-electron chi connectivity index (χ1n) is 9.36. The van der Waals surface area contributed by atoms with Gasteiger partial charge in [0.2, 0.25) is 0 Å². The predicted octanol–water partition coefficient (Wildman–Crippen LogP) is 7.11. The van der Waals surface area contributed by atoms with Gasteiger partial charge in [-0.25, -0.2) is 13.2 Å². The van der Waals surface area contributed by atoms with Gasteiger partial charge in [-0.05, 0) is 30.8 Å². The smallest absolute Gasteiger partial charge is 0.144 e. The fourth-order valence-corrected chi connectivity index (χ4v) is 3.44. The van der Waals surface area contributed by atoms with Crippen molar-refractivity contribution in [3.05, 3.63) is 35.1 Å². The lowest BCUT2D eigenvalue weighted by atomic mass is 10.1. The van der Waals surface area contributed by atoms with Crippen molar-refractivity contribution in [2.45, 2.75) is 71.1 Å². The number of rotatable bonds is 12. The Morgan fingerprint density at radius 2 is 1.36 bits per heavy atom. The summed E-state index contributed by atoms with van der Waals surface area (Å²) in [6.07, 6.45) is 11.6. The van der Waals surface area contributed by atoms with E-state index in [4.69, 9.17) is 0 Å². The predicted molar refractivity (Wildman–Crippen MR) is 102 cm³/mol. The van der Waals surface area contributed by atoms with E-state index in [9.17, 15) is 13.2 Å². The van der Waals surface area contributed by atoms with Gasteiger partial charge in [-0.15, -0.1) is 0 Å². The summed E-state index contributed by atoms with van der Waals surface area (Å²) in [5, 5.41) is 0. The summed E-state index contributed by atoms with van der Waals surface area (Å²) in [5.41, 5.74) is -0.335. The fraction of sp³-hybridized carbons (Fsp3) is 0.619. The topological polar surface area (TPSA) is 0 Å². The number of halogens is 3. The maximum absolute atomic E-state index is 13.4. The van der Waals surface area contributed by atoms with Crippen molar-refractivity contribution >= 4 is 11.8 Å². The first kappa shape index (κ1) is 22.0. The Morgan fingerprint density at radius 1 is 0.800 bits per heavy atom. The van der Waals surface area contributed by atoms with Crippen LogP contribution in [-0.4, -0.2) is 11.5 Å². The maximum atomic E-state index is 13.4. The Labute approximate surface area is 155 Å². The molecular formula is C21H29F3S. The molecule has 1 aromatic carbocycles. The third-order valence-electron chi connectivity index (χ3n) is 3.91. The summed E-state index contributed by atoms with van der Waals surface area (Å²) in [6.45, 7) is 2.22. The molecule has 0 spiro atoms. The van der Waals surface area contributed by atoms with Gasteiger partial charge in [-0.3, -0.25) is 0 Å². The van der Waals surface area contributed by atoms with Gasteiger partial charge in [0.25, 0.3) is 0 Å². The second kappa shape index (κ2) is 14.1. The molecule has 0 aromatic heterocycles. The van der Waals surface area contributed by atoms with Gasteiger partial charge in [0.05, 0.1) is 5.56 Å². The molecule has 0 radical (unpaired) electrons. The van der Waals surface area contributed by atoms with E-state index in [1.807, 2.05) is 0 Å². The standard InChI is InChI=1S/C21H29F3S/c1-2-14-25-15-12-10-8-6-4-3-5-7-9-11-13-19-20(23)16-18(22)17-21(19)24/h16-17H,2-10,12,14-15H2,1H3. The highest BCUT2D eigenvalue weighted by molar-refractivity contribution is 7.99.